The Morgan fingerprint density at radius 3 is 2.52 bits per heavy atom. The summed E-state index contributed by atoms with van der Waals surface area (Å²) in [6, 6.07) is -0.0185. The highest BCUT2D eigenvalue weighted by Crippen LogP contribution is 2.29. The number of fused-ring (bicyclic) bond motifs is 1. The highest BCUT2D eigenvalue weighted by atomic mass is 32.2. The Morgan fingerprint density at radius 1 is 1.30 bits per heavy atom. The monoisotopic (exact) mass is 409 g/mol. The lowest BCUT2D eigenvalue weighted by Gasteiger charge is -2.35. The molecule has 148 valence electrons. The Kier molecular flexibility index (Phi) is 5.98. The number of ether oxygens (including phenoxy) is 1. The van der Waals surface area contributed by atoms with Crippen LogP contribution in [0.15, 0.2) is 9.95 Å². The normalized spacial score (nSPS) is 20.6. The molecule has 0 radical (unpaired) electrons. The predicted octanol–water partition coefficient (Wildman–Crippen LogP) is 3.38. The maximum absolute atomic E-state index is 13.1. The minimum atomic E-state index is -0.0185. The average Bonchev–Trinajstić information content (AvgIpc) is 2.85. The van der Waals surface area contributed by atoms with Gasteiger partial charge in [0.2, 0.25) is 5.91 Å². The second-order valence-electron chi connectivity index (χ2n) is 7.47. The summed E-state index contributed by atoms with van der Waals surface area (Å²) in [6.45, 7) is 13.1. The fourth-order valence-corrected chi connectivity index (χ4v) is 5.55. The van der Waals surface area contributed by atoms with E-state index in [0.717, 1.165) is 15.3 Å². The van der Waals surface area contributed by atoms with E-state index in [9.17, 15) is 9.59 Å². The van der Waals surface area contributed by atoms with E-state index in [-0.39, 0.29) is 35.5 Å². The van der Waals surface area contributed by atoms with Gasteiger partial charge in [0.25, 0.3) is 5.56 Å². The number of rotatable bonds is 4. The first-order valence-corrected chi connectivity index (χ1v) is 11.1. The number of morpholine rings is 1. The topological polar surface area (TPSA) is 64.4 Å². The Balaban J connectivity index is 1.87. The van der Waals surface area contributed by atoms with Crippen molar-refractivity contribution in [1.29, 1.82) is 0 Å². The molecule has 27 heavy (non-hydrogen) atoms. The fraction of sp³-hybridized carbons (Fsp3) is 0.632. The maximum Gasteiger partial charge on any atom is 0.263 e. The molecule has 2 aromatic rings. The standard InChI is InChI=1S/C19H27N3O3S2/c1-10(2)22-18(24)16-13(5)14(6)27-17(16)20-19(22)26-9-15(23)21-7-11(3)25-12(4)8-21/h10-12H,7-9H2,1-6H3/t11-,12-/m0/s1. The highest BCUT2D eigenvalue weighted by molar-refractivity contribution is 7.99. The Morgan fingerprint density at radius 2 is 1.93 bits per heavy atom. The molecule has 2 aromatic heterocycles. The van der Waals surface area contributed by atoms with Gasteiger partial charge in [0.1, 0.15) is 4.83 Å². The van der Waals surface area contributed by atoms with Crippen molar-refractivity contribution < 1.29 is 9.53 Å². The van der Waals surface area contributed by atoms with Gasteiger partial charge in [0.15, 0.2) is 5.16 Å². The lowest BCUT2D eigenvalue weighted by molar-refractivity contribution is -0.140. The molecular weight excluding hydrogens is 382 g/mol. The molecule has 1 aliphatic heterocycles. The lowest BCUT2D eigenvalue weighted by Crippen LogP contribution is -2.48. The second-order valence-corrected chi connectivity index (χ2v) is 9.62. The quantitative estimate of drug-likeness (QED) is 0.572. The summed E-state index contributed by atoms with van der Waals surface area (Å²) in [7, 11) is 0. The van der Waals surface area contributed by atoms with Crippen LogP contribution in [-0.2, 0) is 9.53 Å². The molecule has 1 amide bonds. The first-order chi connectivity index (χ1) is 12.7. The SMILES string of the molecule is Cc1sc2nc(SCC(=O)N3C[C@H](C)O[C@@H](C)C3)n(C(C)C)c(=O)c2c1C. The molecule has 1 saturated heterocycles. The molecule has 8 heteroatoms. The van der Waals surface area contributed by atoms with E-state index in [1.54, 1.807) is 15.9 Å². The number of hydrogen-bond donors (Lipinski definition) is 0. The van der Waals surface area contributed by atoms with Crippen LogP contribution in [0.25, 0.3) is 10.2 Å². The van der Waals surface area contributed by atoms with Crippen LogP contribution in [0, 0.1) is 13.8 Å². The summed E-state index contributed by atoms with van der Waals surface area (Å²) in [4.78, 5) is 34.2. The van der Waals surface area contributed by atoms with Gasteiger partial charge in [-0.15, -0.1) is 11.3 Å². The lowest BCUT2D eigenvalue weighted by atomic mass is 10.2. The summed E-state index contributed by atoms with van der Waals surface area (Å²) in [6.07, 6.45) is 0.0891. The molecule has 0 spiro atoms. The molecule has 0 aliphatic carbocycles. The van der Waals surface area contributed by atoms with Crippen molar-refractivity contribution in [2.24, 2.45) is 0 Å². The first-order valence-electron chi connectivity index (χ1n) is 9.27. The zero-order chi connectivity index (χ0) is 19.9. The van der Waals surface area contributed by atoms with Crippen molar-refractivity contribution in [3.8, 4) is 0 Å². The van der Waals surface area contributed by atoms with Gasteiger partial charge in [-0.2, -0.15) is 0 Å². The number of thioether (sulfide) groups is 1. The van der Waals surface area contributed by atoms with E-state index in [0.29, 0.717) is 23.6 Å². The molecular formula is C19H27N3O3S2. The van der Waals surface area contributed by atoms with E-state index in [2.05, 4.69) is 0 Å². The van der Waals surface area contributed by atoms with Crippen molar-refractivity contribution in [2.75, 3.05) is 18.8 Å². The number of nitrogens with zero attached hydrogens (tertiary/aromatic N) is 3. The van der Waals surface area contributed by atoms with Crippen molar-refractivity contribution >= 4 is 39.2 Å². The third kappa shape index (κ3) is 4.07. The summed E-state index contributed by atoms with van der Waals surface area (Å²) in [5.74, 6) is 0.332. The van der Waals surface area contributed by atoms with E-state index >= 15 is 0 Å². The van der Waals surface area contributed by atoms with Crippen LogP contribution in [0.4, 0.5) is 0 Å². The van der Waals surface area contributed by atoms with E-state index in [1.165, 1.54) is 11.8 Å². The number of amides is 1. The fourth-order valence-electron chi connectivity index (χ4n) is 3.44. The smallest absolute Gasteiger partial charge is 0.263 e. The van der Waals surface area contributed by atoms with Gasteiger partial charge in [-0.1, -0.05) is 11.8 Å². The first kappa shape index (κ1) is 20.4. The number of carbonyl (C=O) groups is 1. The van der Waals surface area contributed by atoms with Crippen molar-refractivity contribution in [3.63, 3.8) is 0 Å². The van der Waals surface area contributed by atoms with Crippen LogP contribution < -0.4 is 5.56 Å². The van der Waals surface area contributed by atoms with Crippen LogP contribution in [-0.4, -0.2) is 51.4 Å². The molecule has 0 unspecified atom stereocenters. The van der Waals surface area contributed by atoms with Crippen LogP contribution in [0.1, 0.15) is 44.2 Å². The minimum absolute atomic E-state index is 0.0135. The van der Waals surface area contributed by atoms with Crippen molar-refractivity contribution in [1.82, 2.24) is 14.5 Å². The Bertz CT molecular complexity index is 909. The van der Waals surface area contributed by atoms with Gasteiger partial charge in [0, 0.05) is 24.0 Å². The highest BCUT2D eigenvalue weighted by Gasteiger charge is 2.26. The Labute approximate surface area is 167 Å². The molecule has 6 nitrogen and oxygen atoms in total. The molecule has 0 N–H and O–H groups in total. The summed E-state index contributed by atoms with van der Waals surface area (Å²) in [5, 5.41) is 1.32. The molecule has 0 aromatic carbocycles. The van der Waals surface area contributed by atoms with E-state index < -0.39 is 0 Å². The van der Waals surface area contributed by atoms with Crippen LogP contribution in [0.5, 0.6) is 0 Å². The maximum atomic E-state index is 13.1. The zero-order valence-corrected chi connectivity index (χ0v) is 18.4. The van der Waals surface area contributed by atoms with Gasteiger partial charge >= 0.3 is 0 Å². The van der Waals surface area contributed by atoms with Gasteiger partial charge in [0.05, 0.1) is 23.3 Å². The average molecular weight is 410 g/mol. The molecule has 2 atom stereocenters. The number of hydrogen-bond acceptors (Lipinski definition) is 6. The second kappa shape index (κ2) is 7.93. The van der Waals surface area contributed by atoms with Crippen LogP contribution in [0.3, 0.4) is 0 Å². The Hall–Kier alpha value is -1.38. The summed E-state index contributed by atoms with van der Waals surface area (Å²) in [5.41, 5.74) is 0.992. The summed E-state index contributed by atoms with van der Waals surface area (Å²) < 4.78 is 7.41. The molecule has 0 bridgehead atoms. The molecule has 3 rings (SSSR count). The van der Waals surface area contributed by atoms with Gasteiger partial charge < -0.3 is 9.64 Å². The predicted molar refractivity (Wildman–Crippen MR) is 111 cm³/mol. The number of carbonyl (C=O) groups excluding carboxylic acids is 1. The molecule has 3 heterocycles. The summed E-state index contributed by atoms with van der Waals surface area (Å²) >= 11 is 2.89. The zero-order valence-electron chi connectivity index (χ0n) is 16.7. The minimum Gasteiger partial charge on any atom is -0.372 e. The van der Waals surface area contributed by atoms with E-state index in [1.807, 2.05) is 46.4 Å². The third-order valence-corrected chi connectivity index (χ3v) is 6.85. The van der Waals surface area contributed by atoms with Gasteiger partial charge in [-0.05, 0) is 47.1 Å². The third-order valence-electron chi connectivity index (χ3n) is 4.82. The van der Waals surface area contributed by atoms with Crippen molar-refractivity contribution in [2.45, 2.75) is 64.9 Å². The van der Waals surface area contributed by atoms with E-state index in [4.69, 9.17) is 9.72 Å². The molecule has 1 fully saturated rings. The number of thiophene rings is 1. The van der Waals surface area contributed by atoms with Crippen molar-refractivity contribution in [3.05, 3.63) is 20.8 Å². The molecule has 1 aliphatic rings. The number of aryl methyl sites for hydroxylation is 2. The largest absolute Gasteiger partial charge is 0.372 e. The van der Waals surface area contributed by atoms with Crippen LogP contribution >= 0.6 is 23.1 Å². The molecule has 0 saturated carbocycles. The number of aromatic nitrogens is 2. The van der Waals surface area contributed by atoms with Gasteiger partial charge in [-0.25, -0.2) is 4.98 Å². The van der Waals surface area contributed by atoms with Crippen LogP contribution in [0.2, 0.25) is 0 Å². The van der Waals surface area contributed by atoms with Gasteiger partial charge in [-0.3, -0.25) is 14.2 Å².